The van der Waals surface area contributed by atoms with Gasteiger partial charge in [-0.3, -0.25) is 0 Å². The van der Waals surface area contributed by atoms with Gasteiger partial charge in [0.2, 0.25) is 0 Å². The molecule has 0 aliphatic heterocycles. The predicted octanol–water partition coefficient (Wildman–Crippen LogP) is 3.56. The molecule has 0 aromatic heterocycles. The van der Waals surface area contributed by atoms with Gasteiger partial charge in [0.05, 0.1) is 0 Å². The van der Waals surface area contributed by atoms with E-state index in [1.165, 1.54) is 12.8 Å². The van der Waals surface area contributed by atoms with Gasteiger partial charge in [0.1, 0.15) is 5.67 Å². The van der Waals surface area contributed by atoms with Gasteiger partial charge in [0.15, 0.2) is 0 Å². The fraction of sp³-hybridized carbons (Fsp3) is 0.600. The number of alkyl halides is 1. The molecule has 0 bridgehead atoms. The molecule has 1 aromatic carbocycles. The first-order chi connectivity index (χ1) is 8.14. The molecule has 0 spiro atoms. The fourth-order valence-electron chi connectivity index (χ4n) is 2.90. The first-order valence-corrected chi connectivity index (χ1v) is 6.63. The molecule has 0 amide bonds. The molecule has 2 N–H and O–H groups in total. The maximum Gasteiger partial charge on any atom is 0.136 e. The van der Waals surface area contributed by atoms with Gasteiger partial charge in [0.25, 0.3) is 0 Å². The Morgan fingerprint density at radius 3 is 2.71 bits per heavy atom. The molecule has 1 nitrogen and oxygen atoms in total. The van der Waals surface area contributed by atoms with E-state index in [0.29, 0.717) is 6.54 Å². The van der Waals surface area contributed by atoms with Crippen molar-refractivity contribution in [2.24, 2.45) is 11.7 Å². The molecule has 1 aliphatic carbocycles. The van der Waals surface area contributed by atoms with E-state index < -0.39 is 5.67 Å². The van der Waals surface area contributed by atoms with Crippen LogP contribution in [0.25, 0.3) is 0 Å². The molecule has 1 fully saturated rings. The average molecular weight is 235 g/mol. The summed E-state index contributed by atoms with van der Waals surface area (Å²) < 4.78 is 14.9. The second-order valence-corrected chi connectivity index (χ2v) is 5.30. The lowest BCUT2D eigenvalue weighted by Crippen LogP contribution is -2.25. The molecule has 94 valence electrons. The van der Waals surface area contributed by atoms with Crippen molar-refractivity contribution < 1.29 is 4.39 Å². The third kappa shape index (κ3) is 2.68. The lowest BCUT2D eigenvalue weighted by atomic mass is 9.83. The highest BCUT2D eigenvalue weighted by molar-refractivity contribution is 5.29. The standard InChI is InChI=1S/C15H22FN/c1-15(16,13-6-2-3-7-13)14-8-4-5-12(11-14)9-10-17/h4-5,8,11,13H,2-3,6-7,9-10,17H2,1H3. The van der Waals surface area contributed by atoms with E-state index >= 15 is 0 Å². The van der Waals surface area contributed by atoms with Gasteiger partial charge in [-0.05, 0) is 49.8 Å². The zero-order valence-corrected chi connectivity index (χ0v) is 10.6. The van der Waals surface area contributed by atoms with Crippen LogP contribution < -0.4 is 5.73 Å². The van der Waals surface area contributed by atoms with E-state index in [1.54, 1.807) is 6.92 Å². The number of hydrogen-bond acceptors (Lipinski definition) is 1. The molecular formula is C15H22FN. The summed E-state index contributed by atoms with van der Waals surface area (Å²) >= 11 is 0. The molecule has 1 aromatic rings. The van der Waals surface area contributed by atoms with Gasteiger partial charge >= 0.3 is 0 Å². The van der Waals surface area contributed by atoms with Gasteiger partial charge < -0.3 is 5.73 Å². The van der Waals surface area contributed by atoms with Crippen LogP contribution in [0.3, 0.4) is 0 Å². The van der Waals surface area contributed by atoms with Crippen molar-refractivity contribution in [3.63, 3.8) is 0 Å². The fourth-order valence-corrected chi connectivity index (χ4v) is 2.90. The third-order valence-electron chi connectivity index (χ3n) is 4.05. The smallest absolute Gasteiger partial charge is 0.136 e. The molecule has 0 saturated heterocycles. The maximum absolute atomic E-state index is 14.9. The Morgan fingerprint density at radius 2 is 2.06 bits per heavy atom. The molecule has 17 heavy (non-hydrogen) atoms. The van der Waals surface area contributed by atoms with Crippen molar-refractivity contribution in [2.75, 3.05) is 6.54 Å². The molecule has 1 unspecified atom stereocenters. The first-order valence-electron chi connectivity index (χ1n) is 6.63. The quantitative estimate of drug-likeness (QED) is 0.848. The summed E-state index contributed by atoms with van der Waals surface area (Å²) in [5.74, 6) is 0.190. The first kappa shape index (κ1) is 12.6. The van der Waals surface area contributed by atoms with Crippen LogP contribution >= 0.6 is 0 Å². The molecule has 2 rings (SSSR count). The van der Waals surface area contributed by atoms with Crippen LogP contribution in [0.15, 0.2) is 24.3 Å². The summed E-state index contributed by atoms with van der Waals surface area (Å²) in [6.07, 6.45) is 5.22. The lowest BCUT2D eigenvalue weighted by molar-refractivity contribution is 0.104. The van der Waals surface area contributed by atoms with Gasteiger partial charge in [-0.2, -0.15) is 0 Å². The van der Waals surface area contributed by atoms with Crippen LogP contribution in [-0.2, 0) is 12.1 Å². The number of halogens is 1. The normalized spacial score (nSPS) is 20.4. The zero-order chi connectivity index (χ0) is 12.3. The summed E-state index contributed by atoms with van der Waals surface area (Å²) in [5, 5.41) is 0. The summed E-state index contributed by atoms with van der Waals surface area (Å²) in [5.41, 5.74) is 6.34. The van der Waals surface area contributed by atoms with Crippen molar-refractivity contribution in [3.8, 4) is 0 Å². The Hall–Kier alpha value is -0.890. The highest BCUT2D eigenvalue weighted by Gasteiger charge is 2.37. The van der Waals surface area contributed by atoms with Crippen molar-refractivity contribution in [1.82, 2.24) is 0 Å². The minimum absolute atomic E-state index is 0.190. The Labute approximate surface area is 103 Å². The minimum Gasteiger partial charge on any atom is -0.330 e. The predicted molar refractivity (Wildman–Crippen MR) is 69.6 cm³/mol. The highest BCUT2D eigenvalue weighted by atomic mass is 19.1. The minimum atomic E-state index is -1.18. The lowest BCUT2D eigenvalue weighted by Gasteiger charge is -2.28. The zero-order valence-electron chi connectivity index (χ0n) is 10.6. The van der Waals surface area contributed by atoms with Crippen molar-refractivity contribution >= 4 is 0 Å². The van der Waals surface area contributed by atoms with Crippen LogP contribution in [0.1, 0.15) is 43.7 Å². The van der Waals surface area contributed by atoms with E-state index in [-0.39, 0.29) is 5.92 Å². The van der Waals surface area contributed by atoms with E-state index in [0.717, 1.165) is 30.4 Å². The van der Waals surface area contributed by atoms with Crippen molar-refractivity contribution in [3.05, 3.63) is 35.4 Å². The maximum atomic E-state index is 14.9. The molecule has 1 atom stereocenters. The van der Waals surface area contributed by atoms with E-state index in [2.05, 4.69) is 0 Å². The highest BCUT2D eigenvalue weighted by Crippen LogP contribution is 2.43. The molecule has 2 heteroatoms. The van der Waals surface area contributed by atoms with Crippen LogP contribution in [-0.4, -0.2) is 6.54 Å². The van der Waals surface area contributed by atoms with Gasteiger partial charge in [-0.1, -0.05) is 37.1 Å². The van der Waals surface area contributed by atoms with Crippen molar-refractivity contribution in [2.45, 2.75) is 44.7 Å². The summed E-state index contributed by atoms with van der Waals surface area (Å²) in [4.78, 5) is 0. The van der Waals surface area contributed by atoms with Crippen LogP contribution in [0, 0.1) is 5.92 Å². The Kier molecular flexibility index (Phi) is 3.82. The average Bonchev–Trinajstić information content (AvgIpc) is 2.84. The van der Waals surface area contributed by atoms with E-state index in [1.807, 2.05) is 24.3 Å². The third-order valence-corrected chi connectivity index (χ3v) is 4.05. The Balaban J connectivity index is 2.22. The molecule has 1 saturated carbocycles. The largest absolute Gasteiger partial charge is 0.330 e. The number of rotatable bonds is 4. The molecular weight excluding hydrogens is 213 g/mol. The van der Waals surface area contributed by atoms with Gasteiger partial charge in [0, 0.05) is 0 Å². The number of nitrogens with two attached hydrogens (primary N) is 1. The van der Waals surface area contributed by atoms with E-state index in [4.69, 9.17) is 5.73 Å². The van der Waals surface area contributed by atoms with Crippen LogP contribution in [0.2, 0.25) is 0 Å². The second-order valence-electron chi connectivity index (χ2n) is 5.30. The van der Waals surface area contributed by atoms with Gasteiger partial charge in [-0.25, -0.2) is 4.39 Å². The summed E-state index contributed by atoms with van der Waals surface area (Å²) in [6, 6.07) is 7.89. The Bertz CT molecular complexity index is 367. The van der Waals surface area contributed by atoms with Crippen LogP contribution in [0.5, 0.6) is 0 Å². The molecule has 0 radical (unpaired) electrons. The topological polar surface area (TPSA) is 26.0 Å². The monoisotopic (exact) mass is 235 g/mol. The van der Waals surface area contributed by atoms with Gasteiger partial charge in [-0.15, -0.1) is 0 Å². The SMILES string of the molecule is CC(F)(c1cccc(CCN)c1)C1CCCC1. The summed E-state index contributed by atoms with van der Waals surface area (Å²) in [7, 11) is 0. The van der Waals surface area contributed by atoms with Crippen LogP contribution in [0.4, 0.5) is 4.39 Å². The number of benzene rings is 1. The number of hydrogen-bond donors (Lipinski definition) is 1. The Morgan fingerprint density at radius 1 is 1.35 bits per heavy atom. The summed E-state index contributed by atoms with van der Waals surface area (Å²) in [6.45, 7) is 2.36. The van der Waals surface area contributed by atoms with Crippen molar-refractivity contribution in [1.29, 1.82) is 0 Å². The molecule has 1 aliphatic rings. The molecule has 0 heterocycles. The van der Waals surface area contributed by atoms with E-state index in [9.17, 15) is 4.39 Å². The second kappa shape index (κ2) is 5.18.